The van der Waals surface area contributed by atoms with E-state index in [1.807, 2.05) is 36.4 Å². The van der Waals surface area contributed by atoms with Crippen molar-refractivity contribution in [3.05, 3.63) is 95.6 Å². The maximum atomic E-state index is 12.4. The molecule has 0 heterocycles. The van der Waals surface area contributed by atoms with Crippen LogP contribution in [0.3, 0.4) is 0 Å². The first-order valence-electron chi connectivity index (χ1n) is 8.88. The maximum absolute atomic E-state index is 12.4. The number of nitriles is 1. The third-order valence-corrected chi connectivity index (χ3v) is 3.98. The molecule has 0 atom stereocenters. The number of ether oxygens (including phenoxy) is 2. The predicted molar refractivity (Wildman–Crippen MR) is 107 cm³/mol. The Morgan fingerprint density at radius 2 is 1.59 bits per heavy atom. The van der Waals surface area contributed by atoms with E-state index in [9.17, 15) is 9.59 Å². The quantitative estimate of drug-likeness (QED) is 0.622. The van der Waals surface area contributed by atoms with Crippen LogP contribution in [0.5, 0.6) is 5.75 Å². The van der Waals surface area contributed by atoms with E-state index in [0.29, 0.717) is 23.6 Å². The number of hydrogen-bond donors (Lipinski definition) is 1. The molecule has 3 aromatic carbocycles. The summed E-state index contributed by atoms with van der Waals surface area (Å²) < 4.78 is 10.9. The average Bonchev–Trinajstić information content (AvgIpc) is 2.77. The first kappa shape index (κ1) is 19.6. The van der Waals surface area contributed by atoms with E-state index in [-0.39, 0.29) is 5.56 Å². The predicted octanol–water partition coefficient (Wildman–Crippen LogP) is 3.93. The van der Waals surface area contributed by atoms with Crippen molar-refractivity contribution < 1.29 is 19.1 Å². The lowest BCUT2D eigenvalue weighted by molar-refractivity contribution is -0.119. The molecule has 6 nitrogen and oxygen atoms in total. The van der Waals surface area contributed by atoms with Crippen LogP contribution in [0.15, 0.2) is 78.9 Å². The zero-order valence-corrected chi connectivity index (χ0v) is 15.5. The standard InChI is InChI=1S/C23H18N2O4/c24-14-17-10-12-19(13-11-17)25-22(26)16-29-23(27)20-8-4-5-9-21(20)28-15-18-6-2-1-3-7-18/h1-13H,15-16H2,(H,25,26). The minimum Gasteiger partial charge on any atom is -0.488 e. The number of benzene rings is 3. The summed E-state index contributed by atoms with van der Waals surface area (Å²) in [4.78, 5) is 24.4. The molecule has 0 saturated carbocycles. The molecule has 0 saturated heterocycles. The summed E-state index contributed by atoms with van der Waals surface area (Å²) in [6.45, 7) is -0.129. The lowest BCUT2D eigenvalue weighted by Crippen LogP contribution is -2.21. The highest BCUT2D eigenvalue weighted by atomic mass is 16.5. The highest BCUT2D eigenvalue weighted by Crippen LogP contribution is 2.20. The molecular formula is C23H18N2O4. The molecule has 0 aliphatic heterocycles. The van der Waals surface area contributed by atoms with Crippen LogP contribution in [0.1, 0.15) is 21.5 Å². The van der Waals surface area contributed by atoms with Crippen LogP contribution >= 0.6 is 0 Å². The second kappa shape index (κ2) is 9.72. The van der Waals surface area contributed by atoms with E-state index >= 15 is 0 Å². The molecule has 3 aromatic rings. The van der Waals surface area contributed by atoms with Crippen molar-refractivity contribution in [3.8, 4) is 11.8 Å². The fourth-order valence-corrected chi connectivity index (χ4v) is 2.53. The van der Waals surface area contributed by atoms with Crippen LogP contribution in [0.2, 0.25) is 0 Å². The van der Waals surface area contributed by atoms with E-state index in [1.165, 1.54) is 0 Å². The second-order valence-corrected chi connectivity index (χ2v) is 6.08. The highest BCUT2D eigenvalue weighted by molar-refractivity contribution is 5.96. The van der Waals surface area contributed by atoms with E-state index in [2.05, 4.69) is 5.32 Å². The Morgan fingerprint density at radius 3 is 2.31 bits per heavy atom. The van der Waals surface area contributed by atoms with E-state index < -0.39 is 18.5 Å². The van der Waals surface area contributed by atoms with Crippen LogP contribution < -0.4 is 10.1 Å². The van der Waals surface area contributed by atoms with Gasteiger partial charge in [0.25, 0.3) is 5.91 Å². The van der Waals surface area contributed by atoms with Crippen molar-refractivity contribution in [1.82, 2.24) is 0 Å². The molecule has 0 spiro atoms. The lowest BCUT2D eigenvalue weighted by Gasteiger charge is -2.11. The number of carbonyl (C=O) groups excluding carboxylic acids is 2. The molecule has 0 radical (unpaired) electrons. The second-order valence-electron chi connectivity index (χ2n) is 6.08. The van der Waals surface area contributed by atoms with Crippen molar-refractivity contribution in [2.24, 2.45) is 0 Å². The highest BCUT2D eigenvalue weighted by Gasteiger charge is 2.15. The molecule has 0 fully saturated rings. The number of amides is 1. The zero-order chi connectivity index (χ0) is 20.5. The molecule has 1 N–H and O–H groups in total. The van der Waals surface area contributed by atoms with E-state index in [4.69, 9.17) is 14.7 Å². The van der Waals surface area contributed by atoms with Gasteiger partial charge in [0.1, 0.15) is 17.9 Å². The summed E-state index contributed by atoms with van der Waals surface area (Å²) in [5.41, 5.74) is 2.21. The van der Waals surface area contributed by atoms with Gasteiger partial charge < -0.3 is 14.8 Å². The molecule has 0 aromatic heterocycles. The first-order valence-corrected chi connectivity index (χ1v) is 8.88. The molecule has 6 heteroatoms. The Morgan fingerprint density at radius 1 is 0.897 bits per heavy atom. The maximum Gasteiger partial charge on any atom is 0.342 e. The van der Waals surface area contributed by atoms with Gasteiger partial charge in [0.2, 0.25) is 0 Å². The van der Waals surface area contributed by atoms with Crippen LogP contribution in [-0.2, 0) is 16.1 Å². The Labute approximate surface area is 168 Å². The number of anilines is 1. The van der Waals surface area contributed by atoms with Crippen LogP contribution in [0.25, 0.3) is 0 Å². The summed E-state index contributed by atoms with van der Waals surface area (Å²) >= 11 is 0. The van der Waals surface area contributed by atoms with Crippen molar-refractivity contribution in [3.63, 3.8) is 0 Å². The lowest BCUT2D eigenvalue weighted by atomic mass is 10.2. The van der Waals surface area contributed by atoms with Crippen molar-refractivity contribution in [2.75, 3.05) is 11.9 Å². The van der Waals surface area contributed by atoms with Gasteiger partial charge in [-0.05, 0) is 42.0 Å². The third-order valence-electron chi connectivity index (χ3n) is 3.98. The molecule has 144 valence electrons. The number of para-hydroxylation sites is 1. The van der Waals surface area contributed by atoms with Gasteiger partial charge in [-0.1, -0.05) is 42.5 Å². The molecule has 0 aliphatic rings. The number of carbonyl (C=O) groups is 2. The number of esters is 1. The molecule has 0 unspecified atom stereocenters. The van der Waals surface area contributed by atoms with Crippen LogP contribution in [0, 0.1) is 11.3 Å². The Kier molecular flexibility index (Phi) is 6.58. The van der Waals surface area contributed by atoms with Crippen molar-refractivity contribution >= 4 is 17.6 Å². The number of hydrogen-bond acceptors (Lipinski definition) is 5. The topological polar surface area (TPSA) is 88.4 Å². The van der Waals surface area contributed by atoms with Gasteiger partial charge >= 0.3 is 5.97 Å². The Hall–Kier alpha value is -4.11. The summed E-state index contributed by atoms with van der Waals surface area (Å²) in [5, 5.41) is 11.4. The summed E-state index contributed by atoms with van der Waals surface area (Å²) in [6, 6.07) is 24.7. The SMILES string of the molecule is N#Cc1ccc(NC(=O)COC(=O)c2ccccc2OCc2ccccc2)cc1. The molecule has 0 bridgehead atoms. The number of nitrogens with zero attached hydrogens (tertiary/aromatic N) is 1. The molecule has 3 rings (SSSR count). The monoisotopic (exact) mass is 386 g/mol. The molecule has 29 heavy (non-hydrogen) atoms. The van der Waals surface area contributed by atoms with Gasteiger partial charge in [-0.2, -0.15) is 5.26 Å². The summed E-state index contributed by atoms with van der Waals surface area (Å²) in [6.07, 6.45) is 0. The average molecular weight is 386 g/mol. The first-order chi connectivity index (χ1) is 14.2. The van der Waals surface area contributed by atoms with Crippen molar-refractivity contribution in [1.29, 1.82) is 5.26 Å². The molecule has 1 amide bonds. The van der Waals surface area contributed by atoms with E-state index in [0.717, 1.165) is 5.56 Å². The number of nitrogens with one attached hydrogen (secondary N) is 1. The Balaban J connectivity index is 1.56. The van der Waals surface area contributed by atoms with Gasteiger partial charge in [-0.3, -0.25) is 4.79 Å². The Bertz CT molecular complexity index is 1020. The molecule has 0 aliphatic carbocycles. The minimum absolute atomic E-state index is 0.245. The van der Waals surface area contributed by atoms with Gasteiger partial charge in [0.05, 0.1) is 11.6 Å². The molecular weight excluding hydrogens is 368 g/mol. The minimum atomic E-state index is -0.649. The number of rotatable bonds is 7. The van der Waals surface area contributed by atoms with Gasteiger partial charge in [-0.25, -0.2) is 4.79 Å². The zero-order valence-electron chi connectivity index (χ0n) is 15.5. The van der Waals surface area contributed by atoms with Gasteiger partial charge in [0, 0.05) is 5.69 Å². The van der Waals surface area contributed by atoms with Crippen LogP contribution in [0.4, 0.5) is 5.69 Å². The largest absolute Gasteiger partial charge is 0.488 e. The summed E-state index contributed by atoms with van der Waals surface area (Å²) in [5.74, 6) is -0.747. The van der Waals surface area contributed by atoms with Crippen LogP contribution in [-0.4, -0.2) is 18.5 Å². The van der Waals surface area contributed by atoms with Gasteiger partial charge in [-0.15, -0.1) is 0 Å². The fraction of sp³-hybridized carbons (Fsp3) is 0.0870. The third kappa shape index (κ3) is 5.68. The summed E-state index contributed by atoms with van der Waals surface area (Å²) in [7, 11) is 0. The van der Waals surface area contributed by atoms with Crippen molar-refractivity contribution in [2.45, 2.75) is 6.61 Å². The normalized spacial score (nSPS) is 9.90. The fourth-order valence-electron chi connectivity index (χ4n) is 2.53. The van der Waals surface area contributed by atoms with Gasteiger partial charge in [0.15, 0.2) is 6.61 Å². The van der Waals surface area contributed by atoms with E-state index in [1.54, 1.807) is 48.5 Å². The smallest absolute Gasteiger partial charge is 0.342 e.